The molecule has 0 saturated carbocycles. The Labute approximate surface area is 207 Å². The highest BCUT2D eigenvalue weighted by molar-refractivity contribution is 6.31. The first-order valence-corrected chi connectivity index (χ1v) is 11.7. The molecule has 0 bridgehead atoms. The van der Waals surface area contributed by atoms with E-state index in [-0.39, 0.29) is 6.42 Å². The molecule has 8 heteroatoms. The summed E-state index contributed by atoms with van der Waals surface area (Å²) in [6.45, 7) is 3.71. The van der Waals surface area contributed by atoms with Gasteiger partial charge in [-0.25, -0.2) is 4.79 Å². The zero-order valence-corrected chi connectivity index (χ0v) is 20.0. The number of carbonyl (C=O) groups excluding carboxylic acids is 2. The highest BCUT2D eigenvalue weighted by atomic mass is 35.5. The molecule has 1 aliphatic rings. The van der Waals surface area contributed by atoms with Gasteiger partial charge in [0.1, 0.15) is 17.2 Å². The lowest BCUT2D eigenvalue weighted by Gasteiger charge is -2.19. The summed E-state index contributed by atoms with van der Waals surface area (Å²) in [6, 6.07) is 18.8. The molecule has 0 radical (unpaired) electrons. The van der Waals surface area contributed by atoms with E-state index in [0.29, 0.717) is 16.4 Å². The molecule has 1 aliphatic heterocycles. The van der Waals surface area contributed by atoms with Gasteiger partial charge in [0.15, 0.2) is 11.2 Å². The van der Waals surface area contributed by atoms with Gasteiger partial charge in [-0.2, -0.15) is 0 Å². The van der Waals surface area contributed by atoms with Crippen LogP contribution in [0.3, 0.4) is 0 Å². The predicted octanol–water partition coefficient (Wildman–Crippen LogP) is 6.46. The van der Waals surface area contributed by atoms with E-state index in [9.17, 15) is 9.59 Å². The maximum Gasteiger partial charge on any atom is 0.415 e. The summed E-state index contributed by atoms with van der Waals surface area (Å²) in [7, 11) is 0. The second-order valence-corrected chi connectivity index (χ2v) is 9.18. The largest absolute Gasteiger partial charge is 0.457 e. The number of imide groups is 1. The van der Waals surface area contributed by atoms with Crippen molar-refractivity contribution < 1.29 is 23.6 Å². The third kappa shape index (κ3) is 4.59. The first-order chi connectivity index (χ1) is 16.8. The van der Waals surface area contributed by atoms with Gasteiger partial charge in [-0.15, -0.1) is 0 Å². The minimum Gasteiger partial charge on any atom is -0.457 e. The Morgan fingerprint density at radius 2 is 1.94 bits per heavy atom. The summed E-state index contributed by atoms with van der Waals surface area (Å²) in [5.74, 6) is 0.916. The molecule has 2 amide bonds. The summed E-state index contributed by atoms with van der Waals surface area (Å²) in [6.07, 6.45) is 1.27. The molecule has 5 rings (SSSR count). The van der Waals surface area contributed by atoms with Crippen molar-refractivity contribution in [3.63, 3.8) is 0 Å². The highest BCUT2D eigenvalue weighted by Crippen LogP contribution is 2.35. The summed E-state index contributed by atoms with van der Waals surface area (Å²) < 4.78 is 16.9. The zero-order chi connectivity index (χ0) is 24.6. The molecule has 7 nitrogen and oxygen atoms in total. The van der Waals surface area contributed by atoms with Gasteiger partial charge >= 0.3 is 6.09 Å². The number of amides is 2. The number of aromatic nitrogens is 1. The number of alkyl carbamates (subject to hydrolysis) is 1. The minimum atomic E-state index is -1.24. The molecule has 0 aliphatic carbocycles. The summed E-state index contributed by atoms with van der Waals surface area (Å²) in [5, 5.41) is 7.93. The Kier molecular flexibility index (Phi) is 5.94. The van der Waals surface area contributed by atoms with Crippen molar-refractivity contribution in [2.45, 2.75) is 38.7 Å². The van der Waals surface area contributed by atoms with Crippen LogP contribution in [0.15, 0.2) is 65.2 Å². The molecule has 0 unspecified atom stereocenters. The van der Waals surface area contributed by atoms with Gasteiger partial charge in [0.05, 0.1) is 0 Å². The smallest absolute Gasteiger partial charge is 0.415 e. The lowest BCUT2D eigenvalue weighted by molar-refractivity contribution is -0.129. The maximum absolute atomic E-state index is 12.1. The van der Waals surface area contributed by atoms with E-state index in [0.717, 1.165) is 46.4 Å². The van der Waals surface area contributed by atoms with Crippen LogP contribution in [0.5, 0.6) is 11.5 Å². The van der Waals surface area contributed by atoms with E-state index >= 15 is 0 Å². The number of aryl methyl sites for hydroxylation is 1. The van der Waals surface area contributed by atoms with Crippen molar-refractivity contribution in [2.24, 2.45) is 0 Å². The third-order valence-electron chi connectivity index (χ3n) is 5.97. The summed E-state index contributed by atoms with van der Waals surface area (Å²) in [4.78, 5) is 23.6. The Bertz CT molecular complexity index is 1450. The summed E-state index contributed by atoms with van der Waals surface area (Å²) in [5.41, 5.74) is 2.93. The molecule has 1 fully saturated rings. The van der Waals surface area contributed by atoms with Crippen LogP contribution < -0.4 is 10.1 Å². The molecule has 178 valence electrons. The molecule has 1 N–H and O–H groups in total. The molecule has 35 heavy (non-hydrogen) atoms. The van der Waals surface area contributed by atoms with Crippen LogP contribution >= 0.6 is 11.6 Å². The Morgan fingerprint density at radius 1 is 1.09 bits per heavy atom. The van der Waals surface area contributed by atoms with Crippen molar-refractivity contribution in [3.05, 3.63) is 76.8 Å². The van der Waals surface area contributed by atoms with Crippen molar-refractivity contribution >= 4 is 34.6 Å². The van der Waals surface area contributed by atoms with E-state index in [1.807, 2.05) is 48.5 Å². The number of benzene rings is 3. The molecule has 4 aromatic rings. The average molecular weight is 491 g/mol. The number of rotatable bonds is 7. The number of fused-ring (bicyclic) bond motifs is 1. The Balaban J connectivity index is 1.42. The molecular formula is C27H23ClN2O5. The number of hydrogen-bond donors (Lipinski definition) is 1. The number of carbonyl (C=O) groups is 2. The average Bonchev–Trinajstić information content (AvgIpc) is 3.34. The number of nitrogens with one attached hydrogen (secondary N) is 1. The van der Waals surface area contributed by atoms with Crippen LogP contribution in [-0.2, 0) is 22.4 Å². The lowest BCUT2D eigenvalue weighted by atomic mass is 9.96. The molecule has 1 aromatic heterocycles. The topological polar surface area (TPSA) is 90.7 Å². The second-order valence-electron chi connectivity index (χ2n) is 8.74. The Morgan fingerprint density at radius 3 is 2.71 bits per heavy atom. The third-order valence-corrected chi connectivity index (χ3v) is 6.20. The van der Waals surface area contributed by atoms with Crippen molar-refractivity contribution in [1.82, 2.24) is 10.5 Å². The van der Waals surface area contributed by atoms with Gasteiger partial charge in [-0.3, -0.25) is 10.1 Å². The normalized spacial score (nSPS) is 17.5. The van der Waals surface area contributed by atoms with Gasteiger partial charge in [0.2, 0.25) is 0 Å². The fourth-order valence-corrected chi connectivity index (χ4v) is 4.43. The van der Waals surface area contributed by atoms with E-state index in [2.05, 4.69) is 23.5 Å². The molecule has 1 atom stereocenters. The van der Waals surface area contributed by atoms with E-state index in [4.69, 9.17) is 25.6 Å². The number of ether oxygens (including phenoxy) is 2. The lowest BCUT2D eigenvalue weighted by Crippen LogP contribution is -2.38. The molecular weight excluding hydrogens is 468 g/mol. The van der Waals surface area contributed by atoms with Gasteiger partial charge in [0, 0.05) is 28.5 Å². The van der Waals surface area contributed by atoms with Crippen LogP contribution in [0.2, 0.25) is 5.02 Å². The number of nitrogens with zero attached hydrogens (tertiary/aromatic N) is 1. The Hall–Kier alpha value is -3.84. The highest BCUT2D eigenvalue weighted by Gasteiger charge is 2.44. The summed E-state index contributed by atoms with van der Waals surface area (Å²) >= 11 is 6.07. The predicted molar refractivity (Wildman–Crippen MR) is 132 cm³/mol. The minimum absolute atomic E-state index is 0.242. The first-order valence-electron chi connectivity index (χ1n) is 11.3. The standard InChI is InChI=1S/C27H23ClN2O5/c1-3-5-17-13-18(24-21-10-9-19(28)14-23(21)35-30-24)8-11-22(17)33-20-7-4-6-16(12-20)15-27(2)25(31)29-26(32)34-27/h4,6-14H,3,5,15H2,1-2H3,(H,29,31,32)/t27-/m1/s1. The van der Waals surface area contributed by atoms with Crippen LogP contribution in [0.25, 0.3) is 22.2 Å². The van der Waals surface area contributed by atoms with Crippen LogP contribution in [0.4, 0.5) is 4.79 Å². The zero-order valence-electron chi connectivity index (χ0n) is 19.3. The van der Waals surface area contributed by atoms with E-state index in [1.54, 1.807) is 13.0 Å². The fraction of sp³-hybridized carbons (Fsp3) is 0.222. The monoisotopic (exact) mass is 490 g/mol. The molecule has 2 heterocycles. The molecule has 1 saturated heterocycles. The van der Waals surface area contributed by atoms with Crippen LogP contribution in [-0.4, -0.2) is 22.8 Å². The quantitative estimate of drug-likeness (QED) is 0.319. The van der Waals surface area contributed by atoms with Crippen LogP contribution in [0, 0.1) is 0 Å². The number of halogens is 1. The maximum atomic E-state index is 12.1. The fourth-order valence-electron chi connectivity index (χ4n) is 4.26. The van der Waals surface area contributed by atoms with Gasteiger partial charge < -0.3 is 14.0 Å². The first kappa shape index (κ1) is 22.9. The van der Waals surface area contributed by atoms with E-state index < -0.39 is 17.6 Å². The van der Waals surface area contributed by atoms with E-state index in [1.165, 1.54) is 0 Å². The van der Waals surface area contributed by atoms with Crippen molar-refractivity contribution in [1.29, 1.82) is 0 Å². The van der Waals surface area contributed by atoms with Gasteiger partial charge in [-0.05, 0) is 66.9 Å². The van der Waals surface area contributed by atoms with Crippen molar-refractivity contribution in [3.8, 4) is 22.8 Å². The molecule has 3 aromatic carbocycles. The van der Waals surface area contributed by atoms with Gasteiger partial charge in [0.25, 0.3) is 5.91 Å². The molecule has 0 spiro atoms. The van der Waals surface area contributed by atoms with Gasteiger partial charge in [-0.1, -0.05) is 42.2 Å². The number of hydrogen-bond acceptors (Lipinski definition) is 6. The second kappa shape index (κ2) is 9.07. The SMILES string of the molecule is CCCc1cc(-c2noc3cc(Cl)ccc23)ccc1Oc1cccc(C[C@@]2(C)OC(=O)NC2=O)c1. The van der Waals surface area contributed by atoms with Crippen LogP contribution in [0.1, 0.15) is 31.4 Å². The van der Waals surface area contributed by atoms with Crippen molar-refractivity contribution in [2.75, 3.05) is 0 Å². The number of cyclic esters (lactones) is 1.